The third kappa shape index (κ3) is 1.79. The summed E-state index contributed by atoms with van der Waals surface area (Å²) in [7, 11) is 0. The van der Waals surface area contributed by atoms with Gasteiger partial charge < -0.3 is 10.6 Å². The molecule has 94 valence electrons. The van der Waals surface area contributed by atoms with Gasteiger partial charge in [-0.3, -0.25) is 5.41 Å². The molecule has 0 spiro atoms. The fourth-order valence-corrected chi connectivity index (χ4v) is 2.49. The van der Waals surface area contributed by atoms with Gasteiger partial charge in [0.1, 0.15) is 5.52 Å². The molecule has 0 atom stereocenters. The normalized spacial score (nSPS) is 17.2. The highest BCUT2D eigenvalue weighted by Crippen LogP contribution is 2.24. The van der Waals surface area contributed by atoms with E-state index >= 15 is 0 Å². The number of nitrogens with two attached hydrogens (primary N) is 1. The van der Waals surface area contributed by atoms with Crippen LogP contribution in [0.5, 0.6) is 0 Å². The Labute approximate surface area is 105 Å². The number of aromatic nitrogens is 3. The molecule has 3 heterocycles. The first kappa shape index (κ1) is 11.0. The molecule has 1 fully saturated rings. The molecule has 18 heavy (non-hydrogen) atoms. The van der Waals surface area contributed by atoms with E-state index in [9.17, 15) is 0 Å². The van der Waals surface area contributed by atoms with Gasteiger partial charge in [0.25, 0.3) is 0 Å². The summed E-state index contributed by atoms with van der Waals surface area (Å²) in [4.78, 5) is 6.70. The smallest absolute Gasteiger partial charge is 0.154 e. The molecule has 6 nitrogen and oxygen atoms in total. The third-order valence-electron chi connectivity index (χ3n) is 3.54. The van der Waals surface area contributed by atoms with Crippen molar-refractivity contribution in [3.63, 3.8) is 0 Å². The first-order valence-electron chi connectivity index (χ1n) is 6.13. The van der Waals surface area contributed by atoms with Crippen LogP contribution in [0.3, 0.4) is 0 Å². The maximum atomic E-state index is 7.50. The van der Waals surface area contributed by atoms with Crippen molar-refractivity contribution >= 4 is 17.2 Å². The Morgan fingerprint density at radius 1 is 1.33 bits per heavy atom. The van der Waals surface area contributed by atoms with Gasteiger partial charge in [-0.2, -0.15) is 5.10 Å². The van der Waals surface area contributed by atoms with Crippen LogP contribution in [0.2, 0.25) is 0 Å². The van der Waals surface area contributed by atoms with Gasteiger partial charge in [-0.25, -0.2) is 9.50 Å². The standard InChI is InChI=1S/C12H16N6/c13-11(14)9-2-6-17(7-3-9)12-10-1-4-16-18(10)8-5-15-12/h1,4-5,8-9H,2-3,6-7H2,(H3,13,14). The van der Waals surface area contributed by atoms with Crippen molar-refractivity contribution < 1.29 is 0 Å². The summed E-state index contributed by atoms with van der Waals surface area (Å²) in [5.74, 6) is 1.51. The average Bonchev–Trinajstić information content (AvgIpc) is 2.87. The van der Waals surface area contributed by atoms with Crippen molar-refractivity contribution in [2.75, 3.05) is 18.0 Å². The number of hydrogen-bond donors (Lipinski definition) is 2. The zero-order chi connectivity index (χ0) is 12.5. The summed E-state index contributed by atoms with van der Waals surface area (Å²) in [6.45, 7) is 1.78. The fourth-order valence-electron chi connectivity index (χ4n) is 2.49. The molecule has 0 aromatic carbocycles. The molecule has 0 radical (unpaired) electrons. The minimum absolute atomic E-state index is 0.228. The summed E-state index contributed by atoms with van der Waals surface area (Å²) in [5.41, 5.74) is 6.59. The maximum absolute atomic E-state index is 7.50. The number of anilines is 1. The first-order chi connectivity index (χ1) is 8.75. The monoisotopic (exact) mass is 244 g/mol. The van der Waals surface area contributed by atoms with Crippen LogP contribution < -0.4 is 10.6 Å². The van der Waals surface area contributed by atoms with Crippen molar-refractivity contribution in [1.29, 1.82) is 5.41 Å². The van der Waals surface area contributed by atoms with Crippen LogP contribution in [-0.2, 0) is 0 Å². The fraction of sp³-hybridized carbons (Fsp3) is 0.417. The molecule has 0 aliphatic carbocycles. The highest BCUT2D eigenvalue weighted by Gasteiger charge is 2.23. The highest BCUT2D eigenvalue weighted by molar-refractivity contribution is 5.80. The van der Waals surface area contributed by atoms with Crippen LogP contribution in [0, 0.1) is 11.3 Å². The van der Waals surface area contributed by atoms with Crippen LogP contribution in [0.25, 0.3) is 5.52 Å². The minimum atomic E-state index is 0.228. The lowest BCUT2D eigenvalue weighted by molar-refractivity contribution is 0.495. The molecule has 0 amide bonds. The molecular formula is C12H16N6. The lowest BCUT2D eigenvalue weighted by atomic mass is 9.96. The van der Waals surface area contributed by atoms with Crippen LogP contribution in [0.15, 0.2) is 24.7 Å². The van der Waals surface area contributed by atoms with E-state index in [2.05, 4.69) is 15.0 Å². The second kappa shape index (κ2) is 4.29. The minimum Gasteiger partial charge on any atom is -0.387 e. The van der Waals surface area contributed by atoms with Gasteiger partial charge in [0, 0.05) is 31.4 Å². The summed E-state index contributed by atoms with van der Waals surface area (Å²) in [6.07, 6.45) is 7.24. The molecule has 2 aromatic heterocycles. The second-order valence-electron chi connectivity index (χ2n) is 4.63. The van der Waals surface area contributed by atoms with Crippen molar-refractivity contribution in [2.45, 2.75) is 12.8 Å². The molecule has 2 aromatic rings. The van der Waals surface area contributed by atoms with Gasteiger partial charge in [0.2, 0.25) is 0 Å². The number of hydrogen-bond acceptors (Lipinski definition) is 4. The Morgan fingerprint density at radius 3 is 2.83 bits per heavy atom. The lowest BCUT2D eigenvalue weighted by Gasteiger charge is -2.32. The van der Waals surface area contributed by atoms with E-state index in [-0.39, 0.29) is 5.92 Å². The molecule has 1 aliphatic heterocycles. The summed E-state index contributed by atoms with van der Waals surface area (Å²) >= 11 is 0. The molecule has 3 rings (SSSR count). The maximum Gasteiger partial charge on any atom is 0.154 e. The van der Waals surface area contributed by atoms with Gasteiger partial charge in [-0.05, 0) is 18.9 Å². The second-order valence-corrected chi connectivity index (χ2v) is 4.63. The van der Waals surface area contributed by atoms with E-state index in [1.54, 1.807) is 12.4 Å². The van der Waals surface area contributed by atoms with Gasteiger partial charge >= 0.3 is 0 Å². The van der Waals surface area contributed by atoms with Crippen molar-refractivity contribution in [2.24, 2.45) is 11.7 Å². The van der Waals surface area contributed by atoms with Crippen LogP contribution >= 0.6 is 0 Å². The van der Waals surface area contributed by atoms with Gasteiger partial charge in [-0.1, -0.05) is 0 Å². The summed E-state index contributed by atoms with van der Waals surface area (Å²) < 4.78 is 1.83. The summed E-state index contributed by atoms with van der Waals surface area (Å²) in [5, 5.41) is 11.7. The number of rotatable bonds is 2. The van der Waals surface area contributed by atoms with E-state index < -0.39 is 0 Å². The molecule has 0 unspecified atom stereocenters. The summed E-state index contributed by atoms with van der Waals surface area (Å²) in [6, 6.07) is 1.97. The third-order valence-corrected chi connectivity index (χ3v) is 3.54. The number of amidine groups is 1. The van der Waals surface area contributed by atoms with Gasteiger partial charge in [0.05, 0.1) is 12.0 Å². The van der Waals surface area contributed by atoms with Gasteiger partial charge in [-0.15, -0.1) is 0 Å². The molecule has 6 heteroatoms. The Morgan fingerprint density at radius 2 is 2.11 bits per heavy atom. The number of nitrogens with zero attached hydrogens (tertiary/aromatic N) is 4. The van der Waals surface area contributed by atoms with E-state index in [1.165, 1.54) is 0 Å². The quantitative estimate of drug-likeness (QED) is 0.607. The van der Waals surface area contributed by atoms with Crippen molar-refractivity contribution in [1.82, 2.24) is 14.6 Å². The molecule has 0 saturated carbocycles. The average molecular weight is 244 g/mol. The Balaban J connectivity index is 1.84. The first-order valence-corrected chi connectivity index (χ1v) is 6.13. The molecule has 0 bridgehead atoms. The lowest BCUT2D eigenvalue weighted by Crippen LogP contribution is -2.38. The Hall–Kier alpha value is -2.11. The van der Waals surface area contributed by atoms with E-state index in [4.69, 9.17) is 11.1 Å². The number of nitrogens with one attached hydrogen (secondary N) is 1. The molecular weight excluding hydrogens is 228 g/mol. The van der Waals surface area contributed by atoms with Crippen molar-refractivity contribution in [3.05, 3.63) is 24.7 Å². The highest BCUT2D eigenvalue weighted by atomic mass is 15.3. The van der Waals surface area contributed by atoms with E-state index in [0.29, 0.717) is 5.84 Å². The number of piperidine rings is 1. The van der Waals surface area contributed by atoms with E-state index in [1.807, 2.05) is 16.8 Å². The van der Waals surface area contributed by atoms with Crippen LogP contribution in [0.1, 0.15) is 12.8 Å². The molecule has 1 saturated heterocycles. The Kier molecular flexibility index (Phi) is 2.62. The predicted octanol–water partition coefficient (Wildman–Crippen LogP) is 0.882. The largest absolute Gasteiger partial charge is 0.387 e. The Bertz CT molecular complexity index is 567. The topological polar surface area (TPSA) is 83.3 Å². The zero-order valence-corrected chi connectivity index (χ0v) is 10.1. The van der Waals surface area contributed by atoms with Gasteiger partial charge in [0.15, 0.2) is 5.82 Å². The zero-order valence-electron chi connectivity index (χ0n) is 10.1. The van der Waals surface area contributed by atoms with Crippen LogP contribution in [0.4, 0.5) is 5.82 Å². The number of fused-ring (bicyclic) bond motifs is 1. The van der Waals surface area contributed by atoms with E-state index in [0.717, 1.165) is 37.3 Å². The van der Waals surface area contributed by atoms with Crippen LogP contribution in [-0.4, -0.2) is 33.5 Å². The van der Waals surface area contributed by atoms with Crippen molar-refractivity contribution in [3.8, 4) is 0 Å². The predicted molar refractivity (Wildman–Crippen MR) is 69.8 cm³/mol. The molecule has 1 aliphatic rings. The SMILES string of the molecule is N=C(N)C1CCN(c2nccn3nccc23)CC1. The molecule has 3 N–H and O–H groups in total.